The second-order valence-electron chi connectivity index (χ2n) is 6.82. The second kappa shape index (κ2) is 7.56. The van der Waals surface area contributed by atoms with E-state index in [-0.39, 0.29) is 5.91 Å². The van der Waals surface area contributed by atoms with E-state index in [0.29, 0.717) is 22.3 Å². The van der Waals surface area contributed by atoms with Crippen molar-refractivity contribution in [2.24, 2.45) is 0 Å². The molecule has 2 heterocycles. The molecule has 6 heteroatoms. The number of benzene rings is 1. The summed E-state index contributed by atoms with van der Waals surface area (Å²) >= 11 is 1.28. The molecule has 0 bridgehead atoms. The molecule has 2 aromatic rings. The highest BCUT2D eigenvalue weighted by molar-refractivity contribution is 7.15. The van der Waals surface area contributed by atoms with Gasteiger partial charge in [-0.25, -0.2) is 4.98 Å². The van der Waals surface area contributed by atoms with Crippen LogP contribution in [0.5, 0.6) is 5.19 Å². The van der Waals surface area contributed by atoms with Crippen LogP contribution in [-0.2, 0) is 19.4 Å². The van der Waals surface area contributed by atoms with Gasteiger partial charge in [-0.3, -0.25) is 4.79 Å². The van der Waals surface area contributed by atoms with Crippen molar-refractivity contribution < 1.29 is 9.53 Å². The minimum absolute atomic E-state index is 0.0990. The van der Waals surface area contributed by atoms with E-state index < -0.39 is 0 Å². The lowest BCUT2D eigenvalue weighted by atomic mass is 10.00. The molecule has 0 atom stereocenters. The number of nitrogens with zero attached hydrogens (tertiary/aromatic N) is 2. The number of thiazole rings is 1. The predicted octanol–water partition coefficient (Wildman–Crippen LogP) is 3.24. The van der Waals surface area contributed by atoms with Gasteiger partial charge in [0.1, 0.15) is 4.88 Å². The average Bonchev–Trinajstić information content (AvgIpc) is 2.89. The van der Waals surface area contributed by atoms with Crippen LogP contribution in [0.4, 0.5) is 0 Å². The predicted molar refractivity (Wildman–Crippen MR) is 107 cm³/mol. The number of carbonyl (C=O) groups excluding carboxylic acids is 1. The number of nitrogens with one attached hydrogen (secondary N) is 1. The lowest BCUT2D eigenvalue weighted by molar-refractivity contribution is 0.0954. The topological polar surface area (TPSA) is 54.5 Å². The van der Waals surface area contributed by atoms with E-state index in [9.17, 15) is 4.79 Å². The van der Waals surface area contributed by atoms with Crippen LogP contribution in [0, 0.1) is 6.92 Å². The molecule has 0 spiro atoms. The molecule has 1 aromatic carbocycles. The fourth-order valence-electron chi connectivity index (χ4n) is 3.47. The summed E-state index contributed by atoms with van der Waals surface area (Å²) in [5, 5.41) is 3.53. The summed E-state index contributed by atoms with van der Waals surface area (Å²) in [5.74, 6) is -0.0990. The highest BCUT2D eigenvalue weighted by atomic mass is 32.1. The van der Waals surface area contributed by atoms with Gasteiger partial charge in [0.15, 0.2) is 0 Å². The first-order valence-electron chi connectivity index (χ1n) is 9.17. The number of rotatable bonds is 5. The van der Waals surface area contributed by atoms with Crippen LogP contribution in [-0.4, -0.2) is 36.0 Å². The first-order chi connectivity index (χ1) is 13.1. The Balaban J connectivity index is 1.40. The van der Waals surface area contributed by atoms with Crippen molar-refractivity contribution in [2.75, 3.05) is 20.2 Å². The van der Waals surface area contributed by atoms with Gasteiger partial charge in [0.25, 0.3) is 11.1 Å². The summed E-state index contributed by atoms with van der Waals surface area (Å²) in [6.45, 7) is 4.45. The maximum Gasteiger partial charge on any atom is 0.273 e. The first kappa shape index (κ1) is 17.8. The minimum atomic E-state index is -0.0990. The van der Waals surface area contributed by atoms with E-state index in [4.69, 9.17) is 4.74 Å². The molecular weight excluding hydrogens is 358 g/mol. The summed E-state index contributed by atoms with van der Waals surface area (Å²) < 4.78 is 5.12. The minimum Gasteiger partial charge on any atom is -0.473 e. The fourth-order valence-corrected chi connectivity index (χ4v) is 4.27. The third-order valence-corrected chi connectivity index (χ3v) is 6.20. The molecule has 0 fully saturated rings. The van der Waals surface area contributed by atoms with Crippen molar-refractivity contribution in [1.29, 1.82) is 0 Å². The van der Waals surface area contributed by atoms with E-state index in [1.807, 2.05) is 6.92 Å². The maximum absolute atomic E-state index is 12.5. The first-order valence-corrected chi connectivity index (χ1v) is 9.99. The molecule has 1 aromatic heterocycles. The number of aryl methyl sites for hydroxylation is 1. The van der Waals surface area contributed by atoms with Gasteiger partial charge < -0.3 is 15.0 Å². The Bertz CT molecular complexity index is 930. The Hall–Kier alpha value is -2.60. The smallest absolute Gasteiger partial charge is 0.273 e. The Morgan fingerprint density at radius 2 is 2.07 bits per heavy atom. The number of amides is 1. The van der Waals surface area contributed by atoms with Crippen LogP contribution in [0.2, 0.25) is 0 Å². The molecule has 1 aliphatic carbocycles. The summed E-state index contributed by atoms with van der Waals surface area (Å²) in [6, 6.07) is 6.58. The summed E-state index contributed by atoms with van der Waals surface area (Å²) in [7, 11) is 1.56. The van der Waals surface area contributed by atoms with Gasteiger partial charge in [-0.2, -0.15) is 0 Å². The molecule has 1 amide bonds. The van der Waals surface area contributed by atoms with E-state index in [2.05, 4.69) is 51.6 Å². The van der Waals surface area contributed by atoms with E-state index >= 15 is 0 Å². The molecule has 0 radical (unpaired) electrons. The van der Waals surface area contributed by atoms with Crippen molar-refractivity contribution in [2.45, 2.75) is 26.3 Å². The largest absolute Gasteiger partial charge is 0.473 e. The molecule has 27 heavy (non-hydrogen) atoms. The van der Waals surface area contributed by atoms with Gasteiger partial charge in [-0.15, -0.1) is 0 Å². The zero-order valence-electron chi connectivity index (χ0n) is 15.6. The van der Waals surface area contributed by atoms with Crippen molar-refractivity contribution in [3.63, 3.8) is 0 Å². The second-order valence-corrected chi connectivity index (χ2v) is 7.78. The molecule has 5 nitrogen and oxygen atoms in total. The van der Waals surface area contributed by atoms with Gasteiger partial charge in [0.05, 0.1) is 12.8 Å². The lowest BCUT2D eigenvalue weighted by Crippen LogP contribution is -2.26. The Labute approximate surface area is 163 Å². The number of fused-ring (bicyclic) bond motifs is 1. The van der Waals surface area contributed by atoms with Crippen LogP contribution in [0.1, 0.15) is 32.1 Å². The number of aromatic nitrogens is 1. The lowest BCUT2D eigenvalue weighted by Gasteiger charge is -2.26. The number of allylic oxidation sites excluding steroid dienone is 3. The molecular formula is C21H23N3O2S. The number of hydrogen-bond donors (Lipinski definition) is 1. The van der Waals surface area contributed by atoms with Gasteiger partial charge in [-0.05, 0) is 48.6 Å². The highest BCUT2D eigenvalue weighted by Crippen LogP contribution is 2.25. The Morgan fingerprint density at radius 1 is 1.30 bits per heavy atom. The average molecular weight is 382 g/mol. The van der Waals surface area contributed by atoms with Crippen LogP contribution in [0.15, 0.2) is 42.1 Å². The monoisotopic (exact) mass is 381 g/mol. The summed E-state index contributed by atoms with van der Waals surface area (Å²) in [5.41, 5.74) is 5.98. The maximum atomic E-state index is 12.5. The molecule has 0 saturated carbocycles. The van der Waals surface area contributed by atoms with Crippen LogP contribution in [0.25, 0.3) is 0 Å². The Morgan fingerprint density at radius 3 is 2.74 bits per heavy atom. The molecule has 4 rings (SSSR count). The van der Waals surface area contributed by atoms with Crippen molar-refractivity contribution in [3.05, 3.63) is 69.4 Å². The highest BCUT2D eigenvalue weighted by Gasteiger charge is 2.18. The van der Waals surface area contributed by atoms with Crippen molar-refractivity contribution in [3.8, 4) is 5.19 Å². The molecule has 2 aliphatic rings. The SMILES string of the molecule is COc1nc(C)c(C(=O)NCc2ccc3c(c2)CCN(C2=CC=C2)CC3)s1. The zero-order valence-corrected chi connectivity index (χ0v) is 16.4. The van der Waals surface area contributed by atoms with Gasteiger partial charge in [-0.1, -0.05) is 35.6 Å². The Kier molecular flexibility index (Phi) is 4.99. The number of ether oxygens (including phenoxy) is 1. The normalized spacial score (nSPS) is 15.5. The fraction of sp³-hybridized carbons (Fsp3) is 0.333. The standard InChI is InChI=1S/C21H23N3O2S/c1-14-19(27-21(23-14)26-2)20(25)22-13-15-6-7-16-8-10-24(18-4-3-5-18)11-9-17(16)12-15/h3-7,12H,8-11,13H2,1-2H3,(H,22,25). The van der Waals surface area contributed by atoms with E-state index in [1.165, 1.54) is 28.2 Å². The molecule has 0 unspecified atom stereocenters. The molecule has 1 aliphatic heterocycles. The number of hydrogen-bond acceptors (Lipinski definition) is 5. The van der Waals surface area contributed by atoms with Gasteiger partial charge in [0, 0.05) is 25.3 Å². The van der Waals surface area contributed by atoms with Gasteiger partial charge in [0.2, 0.25) is 0 Å². The van der Waals surface area contributed by atoms with Crippen LogP contribution < -0.4 is 10.1 Å². The number of methoxy groups -OCH3 is 1. The van der Waals surface area contributed by atoms with Gasteiger partial charge >= 0.3 is 0 Å². The van der Waals surface area contributed by atoms with Crippen molar-refractivity contribution >= 4 is 17.2 Å². The van der Waals surface area contributed by atoms with Crippen LogP contribution >= 0.6 is 11.3 Å². The summed E-state index contributed by atoms with van der Waals surface area (Å²) in [4.78, 5) is 19.7. The third kappa shape index (κ3) is 3.76. The summed E-state index contributed by atoms with van der Waals surface area (Å²) in [6.07, 6.45) is 8.54. The molecule has 1 N–H and O–H groups in total. The van der Waals surface area contributed by atoms with Crippen molar-refractivity contribution in [1.82, 2.24) is 15.2 Å². The van der Waals surface area contributed by atoms with E-state index in [1.54, 1.807) is 7.11 Å². The van der Waals surface area contributed by atoms with E-state index in [0.717, 1.165) is 31.5 Å². The quantitative estimate of drug-likeness (QED) is 0.864. The third-order valence-electron chi connectivity index (χ3n) is 5.08. The zero-order chi connectivity index (χ0) is 18.8. The molecule has 0 saturated heterocycles. The van der Waals surface area contributed by atoms with Crippen LogP contribution in [0.3, 0.4) is 0 Å². The molecule has 140 valence electrons. The number of carbonyl (C=O) groups is 1.